The van der Waals surface area contributed by atoms with Crippen molar-refractivity contribution in [1.29, 1.82) is 0 Å². The molecule has 0 radical (unpaired) electrons. The van der Waals surface area contributed by atoms with Gasteiger partial charge in [0.15, 0.2) is 0 Å². The molecule has 0 aliphatic heterocycles. The van der Waals surface area contributed by atoms with Crippen LogP contribution in [0.1, 0.15) is 26.7 Å². The van der Waals surface area contributed by atoms with E-state index >= 15 is 0 Å². The zero-order valence-corrected chi connectivity index (χ0v) is 9.88. The van der Waals surface area contributed by atoms with Crippen LogP contribution in [0.15, 0.2) is 0 Å². The molecule has 0 atom stereocenters. The van der Waals surface area contributed by atoms with E-state index in [1.807, 2.05) is 0 Å². The lowest BCUT2D eigenvalue weighted by Gasteiger charge is -2.47. The molecule has 0 aromatic heterocycles. The first-order valence-electron chi connectivity index (χ1n) is 5.55. The van der Waals surface area contributed by atoms with Gasteiger partial charge in [-0.2, -0.15) is 0 Å². The largest absolute Gasteiger partial charge is 0.383 e. The van der Waals surface area contributed by atoms with Crippen molar-refractivity contribution < 1.29 is 9.53 Å². The predicted molar refractivity (Wildman–Crippen MR) is 59.4 cm³/mol. The van der Waals surface area contributed by atoms with Crippen molar-refractivity contribution in [2.24, 2.45) is 17.6 Å². The lowest BCUT2D eigenvalue weighted by molar-refractivity contribution is -0.131. The number of amides is 1. The van der Waals surface area contributed by atoms with Crippen molar-refractivity contribution in [3.8, 4) is 0 Å². The van der Waals surface area contributed by atoms with Crippen LogP contribution in [0.25, 0.3) is 0 Å². The summed E-state index contributed by atoms with van der Waals surface area (Å²) in [5.74, 6) is 1.02. The highest BCUT2D eigenvalue weighted by Crippen LogP contribution is 2.41. The average molecular weight is 214 g/mol. The summed E-state index contributed by atoms with van der Waals surface area (Å²) in [5, 5.41) is 3.22. The zero-order valence-electron chi connectivity index (χ0n) is 9.88. The highest BCUT2D eigenvalue weighted by Gasteiger charge is 2.49. The number of carbonyl (C=O) groups excluding carboxylic acids is 1. The molecule has 1 amide bonds. The summed E-state index contributed by atoms with van der Waals surface area (Å²) in [6, 6.07) is 0. The van der Waals surface area contributed by atoms with E-state index in [2.05, 4.69) is 19.2 Å². The minimum Gasteiger partial charge on any atom is -0.383 e. The Hall–Kier alpha value is -0.610. The molecule has 0 bridgehead atoms. The van der Waals surface area contributed by atoms with E-state index in [-0.39, 0.29) is 5.91 Å². The van der Waals surface area contributed by atoms with Crippen LogP contribution in [0.4, 0.5) is 0 Å². The van der Waals surface area contributed by atoms with Crippen LogP contribution < -0.4 is 11.1 Å². The number of nitrogens with two attached hydrogens (primary N) is 1. The van der Waals surface area contributed by atoms with Crippen LogP contribution in [0.2, 0.25) is 0 Å². The molecule has 1 saturated carbocycles. The number of nitrogens with one attached hydrogen (secondary N) is 1. The SMILES string of the molecule is COCCNC1(C(N)=O)CC(C(C)C)C1. The lowest BCUT2D eigenvalue weighted by atomic mass is 9.63. The van der Waals surface area contributed by atoms with Crippen molar-refractivity contribution in [2.45, 2.75) is 32.2 Å². The average Bonchev–Trinajstić information content (AvgIpc) is 2.07. The highest BCUT2D eigenvalue weighted by atomic mass is 16.5. The number of ether oxygens (including phenoxy) is 1. The number of carbonyl (C=O) groups is 1. The fraction of sp³-hybridized carbons (Fsp3) is 0.909. The zero-order chi connectivity index (χ0) is 11.5. The summed E-state index contributed by atoms with van der Waals surface area (Å²) in [5.41, 5.74) is 4.97. The third-order valence-electron chi connectivity index (χ3n) is 3.41. The number of hydrogen-bond acceptors (Lipinski definition) is 3. The molecule has 15 heavy (non-hydrogen) atoms. The molecular weight excluding hydrogens is 192 g/mol. The van der Waals surface area contributed by atoms with Gasteiger partial charge >= 0.3 is 0 Å². The summed E-state index contributed by atoms with van der Waals surface area (Å²) < 4.78 is 4.95. The predicted octanol–water partition coefficient (Wildman–Crippen LogP) is 0.512. The minimum atomic E-state index is -0.465. The van der Waals surface area contributed by atoms with Crippen LogP contribution in [-0.4, -0.2) is 31.7 Å². The van der Waals surface area contributed by atoms with Crippen molar-refractivity contribution in [2.75, 3.05) is 20.3 Å². The summed E-state index contributed by atoms with van der Waals surface area (Å²) in [6.45, 7) is 5.67. The Labute approximate surface area is 91.5 Å². The molecule has 1 aliphatic carbocycles. The van der Waals surface area contributed by atoms with Crippen molar-refractivity contribution in [3.05, 3.63) is 0 Å². The van der Waals surface area contributed by atoms with Crippen molar-refractivity contribution in [3.63, 3.8) is 0 Å². The first-order valence-corrected chi connectivity index (χ1v) is 5.55. The van der Waals surface area contributed by atoms with Gasteiger partial charge in [-0.15, -0.1) is 0 Å². The number of hydrogen-bond donors (Lipinski definition) is 2. The Morgan fingerprint density at radius 1 is 1.60 bits per heavy atom. The smallest absolute Gasteiger partial charge is 0.237 e. The highest BCUT2D eigenvalue weighted by molar-refractivity contribution is 5.85. The van der Waals surface area contributed by atoms with Gasteiger partial charge in [-0.1, -0.05) is 13.8 Å². The van der Waals surface area contributed by atoms with Gasteiger partial charge in [0, 0.05) is 13.7 Å². The fourth-order valence-electron chi connectivity index (χ4n) is 2.13. The first-order chi connectivity index (χ1) is 7.02. The maximum Gasteiger partial charge on any atom is 0.237 e. The monoisotopic (exact) mass is 214 g/mol. The molecule has 0 heterocycles. The van der Waals surface area contributed by atoms with Gasteiger partial charge in [-0.3, -0.25) is 4.79 Å². The third-order valence-corrected chi connectivity index (χ3v) is 3.41. The van der Waals surface area contributed by atoms with Gasteiger partial charge in [-0.05, 0) is 24.7 Å². The molecule has 1 rings (SSSR count). The first kappa shape index (κ1) is 12.5. The van der Waals surface area contributed by atoms with E-state index in [0.29, 0.717) is 25.0 Å². The van der Waals surface area contributed by atoms with Gasteiger partial charge in [0.1, 0.15) is 0 Å². The molecule has 1 aliphatic rings. The van der Waals surface area contributed by atoms with E-state index in [0.717, 1.165) is 12.8 Å². The van der Waals surface area contributed by atoms with E-state index in [1.165, 1.54) is 0 Å². The Kier molecular flexibility index (Phi) is 4.11. The van der Waals surface area contributed by atoms with Gasteiger partial charge < -0.3 is 15.8 Å². The van der Waals surface area contributed by atoms with E-state index in [9.17, 15) is 4.79 Å². The molecule has 0 aromatic rings. The maximum atomic E-state index is 11.4. The normalized spacial score (nSPS) is 30.3. The second-order valence-corrected chi connectivity index (χ2v) is 4.78. The van der Waals surface area contributed by atoms with E-state index < -0.39 is 5.54 Å². The molecular formula is C11H22N2O2. The minimum absolute atomic E-state index is 0.226. The van der Waals surface area contributed by atoms with Crippen molar-refractivity contribution in [1.82, 2.24) is 5.32 Å². The Morgan fingerprint density at radius 3 is 2.60 bits per heavy atom. The van der Waals surface area contributed by atoms with E-state index in [1.54, 1.807) is 7.11 Å². The van der Waals surface area contributed by atoms with Crippen molar-refractivity contribution >= 4 is 5.91 Å². The molecule has 4 nitrogen and oxygen atoms in total. The molecule has 0 spiro atoms. The van der Waals surface area contributed by atoms with Crippen LogP contribution in [0, 0.1) is 11.8 Å². The quantitative estimate of drug-likeness (QED) is 0.633. The topological polar surface area (TPSA) is 64.3 Å². The molecule has 88 valence electrons. The maximum absolute atomic E-state index is 11.4. The fourth-order valence-corrected chi connectivity index (χ4v) is 2.13. The Morgan fingerprint density at radius 2 is 2.20 bits per heavy atom. The summed E-state index contributed by atoms with van der Waals surface area (Å²) in [7, 11) is 1.65. The molecule has 0 saturated heterocycles. The van der Waals surface area contributed by atoms with Crippen LogP contribution in [0.5, 0.6) is 0 Å². The lowest BCUT2D eigenvalue weighted by Crippen LogP contribution is -2.64. The summed E-state index contributed by atoms with van der Waals surface area (Å²) >= 11 is 0. The van der Waals surface area contributed by atoms with Crippen LogP contribution in [-0.2, 0) is 9.53 Å². The third kappa shape index (κ3) is 2.69. The van der Waals surface area contributed by atoms with Gasteiger partial charge in [0.2, 0.25) is 5.91 Å². The van der Waals surface area contributed by atoms with Crippen LogP contribution in [0.3, 0.4) is 0 Å². The molecule has 1 fully saturated rings. The van der Waals surface area contributed by atoms with E-state index in [4.69, 9.17) is 10.5 Å². The second-order valence-electron chi connectivity index (χ2n) is 4.78. The van der Waals surface area contributed by atoms with Gasteiger partial charge in [0.05, 0.1) is 12.1 Å². The molecule has 0 aromatic carbocycles. The number of rotatable bonds is 6. The van der Waals surface area contributed by atoms with Crippen LogP contribution >= 0.6 is 0 Å². The second kappa shape index (κ2) is 4.94. The Bertz CT molecular complexity index is 223. The Balaban J connectivity index is 2.43. The number of primary amides is 1. The molecule has 4 heteroatoms. The van der Waals surface area contributed by atoms with Gasteiger partial charge in [0.25, 0.3) is 0 Å². The standard InChI is InChI=1S/C11H22N2O2/c1-8(2)9-6-11(7-9,10(12)14)13-4-5-15-3/h8-9,13H,4-7H2,1-3H3,(H2,12,14). The summed E-state index contributed by atoms with van der Waals surface area (Å²) in [6.07, 6.45) is 1.73. The van der Waals surface area contributed by atoms with Gasteiger partial charge in [-0.25, -0.2) is 0 Å². The molecule has 0 unspecified atom stereocenters. The number of methoxy groups -OCH3 is 1. The summed E-state index contributed by atoms with van der Waals surface area (Å²) in [4.78, 5) is 11.4. The molecule has 3 N–H and O–H groups in total.